The van der Waals surface area contributed by atoms with E-state index in [0.717, 1.165) is 40.0 Å². The Morgan fingerprint density at radius 3 is 3.04 bits per heavy atom. The van der Waals surface area contributed by atoms with Gasteiger partial charge in [0.2, 0.25) is 0 Å². The van der Waals surface area contributed by atoms with Crippen LogP contribution in [0.3, 0.4) is 0 Å². The minimum absolute atomic E-state index is 0.0179. The molecule has 0 aromatic carbocycles. The number of hydrogen-bond acceptors (Lipinski definition) is 5. The van der Waals surface area contributed by atoms with E-state index in [2.05, 4.69) is 9.97 Å². The van der Waals surface area contributed by atoms with Crippen LogP contribution in [-0.4, -0.2) is 45.7 Å². The zero-order chi connectivity index (χ0) is 18.1. The van der Waals surface area contributed by atoms with Crippen molar-refractivity contribution in [2.45, 2.75) is 25.2 Å². The fourth-order valence-electron chi connectivity index (χ4n) is 3.52. The maximum Gasteiger partial charge on any atom is 0.135 e. The Morgan fingerprint density at radius 2 is 2.31 bits per heavy atom. The minimum atomic E-state index is -0.427. The maximum absolute atomic E-state index is 11.4. The molecule has 0 amide bonds. The van der Waals surface area contributed by atoms with Gasteiger partial charge >= 0.3 is 0 Å². The quantitative estimate of drug-likeness (QED) is 0.737. The van der Waals surface area contributed by atoms with Crippen LogP contribution in [0, 0.1) is 0 Å². The highest BCUT2D eigenvalue weighted by molar-refractivity contribution is 5.94. The molecule has 4 rings (SSSR count). The van der Waals surface area contributed by atoms with Crippen molar-refractivity contribution in [1.29, 1.82) is 0 Å². The van der Waals surface area contributed by atoms with E-state index in [1.807, 2.05) is 30.5 Å². The van der Waals surface area contributed by atoms with Crippen LogP contribution in [0.15, 0.2) is 36.7 Å². The number of pyridine rings is 2. The smallest absolute Gasteiger partial charge is 0.135 e. The number of hydrogen-bond donors (Lipinski definition) is 2. The lowest BCUT2D eigenvalue weighted by atomic mass is 9.84. The molecule has 2 N–H and O–H groups in total. The number of aliphatic hydroxyl groups is 1. The number of Topliss-reactive ketones (excluding diaryl/α,β-unsaturated/α-hetero) is 1. The number of ether oxygens (including phenoxy) is 1. The summed E-state index contributed by atoms with van der Waals surface area (Å²) in [5, 5.41) is 10.9. The summed E-state index contributed by atoms with van der Waals surface area (Å²) in [4.78, 5) is 23.8. The van der Waals surface area contributed by atoms with E-state index in [-0.39, 0.29) is 12.4 Å². The van der Waals surface area contributed by atoms with Crippen molar-refractivity contribution in [3.8, 4) is 11.3 Å². The van der Waals surface area contributed by atoms with E-state index in [9.17, 15) is 9.90 Å². The number of aromatic amines is 1. The van der Waals surface area contributed by atoms with E-state index < -0.39 is 5.41 Å². The predicted octanol–water partition coefficient (Wildman–Crippen LogP) is 2.41. The number of H-pyrrole nitrogens is 1. The van der Waals surface area contributed by atoms with E-state index in [0.29, 0.717) is 19.6 Å². The van der Waals surface area contributed by atoms with Crippen molar-refractivity contribution in [3.05, 3.63) is 48.0 Å². The molecule has 1 aliphatic heterocycles. The highest BCUT2D eigenvalue weighted by atomic mass is 16.5. The summed E-state index contributed by atoms with van der Waals surface area (Å²) in [6.45, 7) is 2.71. The first-order valence-electron chi connectivity index (χ1n) is 8.73. The molecular formula is C20H21N3O3. The van der Waals surface area contributed by atoms with Crippen LogP contribution in [0.5, 0.6) is 0 Å². The summed E-state index contributed by atoms with van der Waals surface area (Å²) >= 11 is 0. The van der Waals surface area contributed by atoms with Gasteiger partial charge < -0.3 is 14.8 Å². The lowest BCUT2D eigenvalue weighted by Crippen LogP contribution is -2.32. The molecule has 0 radical (unpaired) electrons. The monoisotopic (exact) mass is 351 g/mol. The van der Waals surface area contributed by atoms with E-state index in [1.165, 1.54) is 0 Å². The van der Waals surface area contributed by atoms with Crippen LogP contribution < -0.4 is 0 Å². The summed E-state index contributed by atoms with van der Waals surface area (Å²) in [6, 6.07) is 7.81. The van der Waals surface area contributed by atoms with Crippen LogP contribution in [0.25, 0.3) is 22.2 Å². The molecule has 0 spiro atoms. The van der Waals surface area contributed by atoms with Crippen molar-refractivity contribution in [2.24, 2.45) is 0 Å². The Kier molecular flexibility index (Phi) is 4.30. The molecule has 1 fully saturated rings. The molecular weight excluding hydrogens is 330 g/mol. The second kappa shape index (κ2) is 6.63. The molecule has 6 nitrogen and oxygen atoms in total. The van der Waals surface area contributed by atoms with Crippen molar-refractivity contribution >= 4 is 16.7 Å². The first-order valence-corrected chi connectivity index (χ1v) is 8.73. The SMILES string of the molecule is CC(=O)Cc1cc2c(-c3cccc(C4(CO)CCOC4)n3)c[nH]c2cn1. The van der Waals surface area contributed by atoms with Gasteiger partial charge in [0.15, 0.2) is 0 Å². The Hall–Kier alpha value is -2.57. The number of nitrogens with zero attached hydrogens (tertiary/aromatic N) is 2. The number of carbonyl (C=O) groups is 1. The predicted molar refractivity (Wildman–Crippen MR) is 97.9 cm³/mol. The first kappa shape index (κ1) is 16.9. The van der Waals surface area contributed by atoms with Gasteiger partial charge in [0.25, 0.3) is 0 Å². The third-order valence-electron chi connectivity index (χ3n) is 5.03. The first-order chi connectivity index (χ1) is 12.6. The third kappa shape index (κ3) is 2.91. The molecule has 1 atom stereocenters. The summed E-state index contributed by atoms with van der Waals surface area (Å²) in [6.07, 6.45) is 4.74. The van der Waals surface area contributed by atoms with Crippen molar-refractivity contribution < 1.29 is 14.6 Å². The van der Waals surface area contributed by atoms with Crippen LogP contribution in [0.1, 0.15) is 24.7 Å². The van der Waals surface area contributed by atoms with Gasteiger partial charge in [-0.1, -0.05) is 6.07 Å². The molecule has 0 bridgehead atoms. The Morgan fingerprint density at radius 1 is 1.42 bits per heavy atom. The van der Waals surface area contributed by atoms with Gasteiger partial charge in [-0.15, -0.1) is 0 Å². The molecule has 1 aliphatic rings. The largest absolute Gasteiger partial charge is 0.395 e. The number of aliphatic hydroxyl groups excluding tert-OH is 1. The Bertz CT molecular complexity index is 958. The summed E-state index contributed by atoms with van der Waals surface area (Å²) < 4.78 is 5.51. The molecule has 0 aliphatic carbocycles. The molecule has 1 unspecified atom stereocenters. The van der Waals surface area contributed by atoms with Crippen LogP contribution in [0.4, 0.5) is 0 Å². The van der Waals surface area contributed by atoms with Gasteiger partial charge in [0.05, 0.1) is 41.7 Å². The fourth-order valence-corrected chi connectivity index (χ4v) is 3.52. The number of ketones is 1. The summed E-state index contributed by atoms with van der Waals surface area (Å²) in [5.41, 5.74) is 3.86. The van der Waals surface area contributed by atoms with Gasteiger partial charge in [-0.3, -0.25) is 14.8 Å². The minimum Gasteiger partial charge on any atom is -0.395 e. The molecule has 26 heavy (non-hydrogen) atoms. The average Bonchev–Trinajstić information content (AvgIpc) is 3.29. The second-order valence-electron chi connectivity index (χ2n) is 6.95. The lowest BCUT2D eigenvalue weighted by molar-refractivity contribution is -0.116. The number of rotatable bonds is 5. The van der Waals surface area contributed by atoms with Crippen LogP contribution in [-0.2, 0) is 21.4 Å². The third-order valence-corrected chi connectivity index (χ3v) is 5.03. The topological polar surface area (TPSA) is 88.1 Å². The zero-order valence-corrected chi connectivity index (χ0v) is 14.7. The number of aromatic nitrogens is 3. The van der Waals surface area contributed by atoms with Gasteiger partial charge in [-0.25, -0.2) is 0 Å². The van der Waals surface area contributed by atoms with Crippen molar-refractivity contribution in [2.75, 3.05) is 19.8 Å². The van der Waals surface area contributed by atoms with Crippen molar-refractivity contribution in [3.63, 3.8) is 0 Å². The molecule has 4 heterocycles. The number of carbonyl (C=O) groups excluding carboxylic acids is 1. The van der Waals surface area contributed by atoms with E-state index >= 15 is 0 Å². The number of fused-ring (bicyclic) bond motifs is 1. The number of nitrogens with one attached hydrogen (secondary N) is 1. The van der Waals surface area contributed by atoms with Gasteiger partial charge in [-0.2, -0.15) is 0 Å². The zero-order valence-electron chi connectivity index (χ0n) is 14.7. The maximum atomic E-state index is 11.4. The highest BCUT2D eigenvalue weighted by Crippen LogP contribution is 2.34. The molecule has 6 heteroatoms. The van der Waals surface area contributed by atoms with Crippen LogP contribution in [0.2, 0.25) is 0 Å². The summed E-state index contributed by atoms with van der Waals surface area (Å²) in [7, 11) is 0. The standard InChI is InChI=1S/C20H21N3O3/c1-13(25)7-14-8-15-16(9-22-18(15)10-21-14)17-3-2-4-19(23-17)20(11-24)5-6-26-12-20/h2-4,8-10,22,24H,5-7,11-12H2,1H3. The fraction of sp³-hybridized carbons (Fsp3) is 0.350. The van der Waals surface area contributed by atoms with Gasteiger partial charge in [0, 0.05) is 35.9 Å². The molecule has 0 saturated carbocycles. The average molecular weight is 351 g/mol. The normalized spacial score (nSPS) is 19.9. The summed E-state index contributed by atoms with van der Waals surface area (Å²) in [5.74, 6) is 0.0835. The van der Waals surface area contributed by atoms with Gasteiger partial charge in [-0.05, 0) is 31.5 Å². The molecule has 1 saturated heterocycles. The second-order valence-corrected chi connectivity index (χ2v) is 6.95. The lowest BCUT2D eigenvalue weighted by Gasteiger charge is -2.24. The van der Waals surface area contributed by atoms with E-state index in [1.54, 1.807) is 13.1 Å². The molecule has 3 aromatic rings. The molecule has 134 valence electrons. The Labute approximate surface area is 151 Å². The van der Waals surface area contributed by atoms with Gasteiger partial charge in [0.1, 0.15) is 5.78 Å². The van der Waals surface area contributed by atoms with Crippen molar-refractivity contribution in [1.82, 2.24) is 15.0 Å². The van der Waals surface area contributed by atoms with E-state index in [4.69, 9.17) is 9.72 Å². The van der Waals surface area contributed by atoms with Crippen LogP contribution >= 0.6 is 0 Å². The molecule has 3 aromatic heterocycles. The highest BCUT2D eigenvalue weighted by Gasteiger charge is 2.37. The Balaban J connectivity index is 1.78.